The first-order chi connectivity index (χ1) is 15.4. The van der Waals surface area contributed by atoms with Gasteiger partial charge in [0.05, 0.1) is 21.9 Å². The molecule has 0 saturated heterocycles. The van der Waals surface area contributed by atoms with Crippen molar-refractivity contribution in [2.24, 2.45) is 5.92 Å². The van der Waals surface area contributed by atoms with Crippen molar-refractivity contribution in [3.8, 4) is 17.1 Å². The maximum absolute atomic E-state index is 12.6. The van der Waals surface area contributed by atoms with Crippen molar-refractivity contribution >= 4 is 44.5 Å². The van der Waals surface area contributed by atoms with Crippen LogP contribution in [0.25, 0.3) is 22.3 Å². The first-order valence-electron chi connectivity index (χ1n) is 10.5. The molecular weight excluding hydrogens is 498 g/mol. The van der Waals surface area contributed by atoms with Gasteiger partial charge >= 0.3 is 5.97 Å². The van der Waals surface area contributed by atoms with Gasteiger partial charge in [-0.2, -0.15) is 0 Å². The monoisotopic (exact) mass is 519 g/mol. The first-order valence-corrected chi connectivity index (χ1v) is 11.7. The van der Waals surface area contributed by atoms with Crippen molar-refractivity contribution in [1.82, 2.24) is 5.32 Å². The summed E-state index contributed by atoms with van der Waals surface area (Å²) in [4.78, 5) is 23.7. The predicted molar refractivity (Wildman–Crippen MR) is 128 cm³/mol. The van der Waals surface area contributed by atoms with E-state index in [0.717, 1.165) is 17.3 Å². The molecule has 4 rings (SSSR count). The molecule has 6 nitrogen and oxygen atoms in total. The van der Waals surface area contributed by atoms with Crippen molar-refractivity contribution < 1.29 is 19.1 Å². The molecule has 168 valence electrons. The Morgan fingerprint density at radius 2 is 1.97 bits per heavy atom. The second-order valence-electron chi connectivity index (χ2n) is 7.92. The summed E-state index contributed by atoms with van der Waals surface area (Å²) < 4.78 is 12.8. The summed E-state index contributed by atoms with van der Waals surface area (Å²) >= 11 is 9.71. The van der Waals surface area contributed by atoms with Crippen molar-refractivity contribution in [2.45, 2.75) is 31.7 Å². The van der Waals surface area contributed by atoms with Gasteiger partial charge in [0.1, 0.15) is 18.1 Å². The van der Waals surface area contributed by atoms with Crippen LogP contribution in [0.3, 0.4) is 0 Å². The number of hydrogen-bond acceptors (Lipinski definition) is 5. The molecule has 8 heteroatoms. The zero-order chi connectivity index (χ0) is 22.7. The molecule has 2 aromatic carbocycles. The SMILES string of the molecule is O=c1cc(-c2ccc(Br)cc2OCCN[C@H]2CC[C@H](C(=O)O)CC2)oc2c(Cl)cccc12. The Morgan fingerprint density at radius 1 is 1.19 bits per heavy atom. The Balaban J connectivity index is 1.45. The smallest absolute Gasteiger partial charge is 0.306 e. The van der Waals surface area contributed by atoms with Gasteiger partial charge in [-0.1, -0.05) is 33.6 Å². The molecule has 1 fully saturated rings. The molecule has 0 radical (unpaired) electrons. The lowest BCUT2D eigenvalue weighted by atomic mass is 9.86. The van der Waals surface area contributed by atoms with Crippen LogP contribution in [-0.2, 0) is 4.79 Å². The summed E-state index contributed by atoms with van der Waals surface area (Å²) in [6.45, 7) is 1.04. The van der Waals surface area contributed by atoms with E-state index >= 15 is 0 Å². The molecular formula is C24H23BrClNO5. The maximum atomic E-state index is 12.6. The van der Waals surface area contributed by atoms with E-state index < -0.39 is 5.97 Å². The third kappa shape index (κ3) is 5.17. The van der Waals surface area contributed by atoms with Crippen LogP contribution in [0.15, 0.2) is 56.1 Å². The summed E-state index contributed by atoms with van der Waals surface area (Å²) in [6, 6.07) is 12.4. The van der Waals surface area contributed by atoms with E-state index in [-0.39, 0.29) is 11.3 Å². The molecule has 0 bridgehead atoms. The van der Waals surface area contributed by atoms with E-state index in [1.807, 2.05) is 18.2 Å². The summed E-state index contributed by atoms with van der Waals surface area (Å²) in [5, 5.41) is 13.4. The average molecular weight is 521 g/mol. The van der Waals surface area contributed by atoms with Crippen molar-refractivity contribution in [3.05, 3.63) is 62.2 Å². The van der Waals surface area contributed by atoms with Gasteiger partial charge < -0.3 is 19.6 Å². The van der Waals surface area contributed by atoms with Gasteiger partial charge in [-0.3, -0.25) is 9.59 Å². The van der Waals surface area contributed by atoms with E-state index in [0.29, 0.717) is 65.1 Å². The molecule has 1 saturated carbocycles. The molecule has 1 aliphatic carbocycles. The molecule has 3 aromatic rings. The highest BCUT2D eigenvalue weighted by Gasteiger charge is 2.25. The fourth-order valence-corrected chi connectivity index (χ4v) is 4.62. The number of fused-ring (bicyclic) bond motifs is 1. The topological polar surface area (TPSA) is 88.8 Å². The molecule has 32 heavy (non-hydrogen) atoms. The zero-order valence-corrected chi connectivity index (χ0v) is 19.6. The number of carbonyl (C=O) groups is 1. The number of hydrogen-bond donors (Lipinski definition) is 2. The second-order valence-corrected chi connectivity index (χ2v) is 9.24. The Bertz CT molecular complexity index is 1190. The summed E-state index contributed by atoms with van der Waals surface area (Å²) in [7, 11) is 0. The number of ether oxygens (including phenoxy) is 1. The third-order valence-electron chi connectivity index (χ3n) is 5.78. The molecule has 0 spiro atoms. The predicted octanol–water partition coefficient (Wildman–Crippen LogP) is 5.49. The van der Waals surface area contributed by atoms with E-state index in [1.165, 1.54) is 6.07 Å². The fraction of sp³-hybridized carbons (Fsp3) is 0.333. The number of carboxylic acid groups (broad SMARTS) is 1. The van der Waals surface area contributed by atoms with Crippen LogP contribution < -0.4 is 15.5 Å². The molecule has 0 atom stereocenters. The summed E-state index contributed by atoms with van der Waals surface area (Å²) in [6.07, 6.45) is 3.10. The largest absolute Gasteiger partial charge is 0.491 e. The van der Waals surface area contributed by atoms with E-state index in [1.54, 1.807) is 18.2 Å². The highest BCUT2D eigenvalue weighted by molar-refractivity contribution is 9.10. The van der Waals surface area contributed by atoms with E-state index in [4.69, 9.17) is 25.9 Å². The van der Waals surface area contributed by atoms with Crippen LogP contribution in [0.4, 0.5) is 0 Å². The van der Waals surface area contributed by atoms with Gasteiger partial charge in [-0.25, -0.2) is 0 Å². The van der Waals surface area contributed by atoms with E-state index in [9.17, 15) is 9.59 Å². The molecule has 0 aliphatic heterocycles. The van der Waals surface area contributed by atoms with Crippen LogP contribution in [0, 0.1) is 5.92 Å². The van der Waals surface area contributed by atoms with Crippen LogP contribution >= 0.6 is 27.5 Å². The Morgan fingerprint density at radius 3 is 2.72 bits per heavy atom. The lowest BCUT2D eigenvalue weighted by Crippen LogP contribution is -2.37. The van der Waals surface area contributed by atoms with Crippen molar-refractivity contribution in [2.75, 3.05) is 13.2 Å². The highest BCUT2D eigenvalue weighted by atomic mass is 79.9. The molecule has 0 amide bonds. The molecule has 0 unspecified atom stereocenters. The maximum Gasteiger partial charge on any atom is 0.306 e. The van der Waals surface area contributed by atoms with Gasteiger partial charge in [0.25, 0.3) is 0 Å². The normalized spacial score (nSPS) is 18.6. The number of para-hydroxylation sites is 1. The number of nitrogens with one attached hydrogen (secondary N) is 1. The van der Waals surface area contributed by atoms with Crippen LogP contribution in [0.1, 0.15) is 25.7 Å². The van der Waals surface area contributed by atoms with Gasteiger partial charge in [0.15, 0.2) is 11.0 Å². The molecule has 1 aromatic heterocycles. The minimum Gasteiger partial charge on any atom is -0.491 e. The summed E-state index contributed by atoms with van der Waals surface area (Å²) in [5.74, 6) is 0.0533. The van der Waals surface area contributed by atoms with Crippen LogP contribution in [0.5, 0.6) is 5.75 Å². The fourth-order valence-electron chi connectivity index (χ4n) is 4.06. The Kier molecular flexibility index (Phi) is 7.18. The summed E-state index contributed by atoms with van der Waals surface area (Å²) in [5.41, 5.74) is 0.842. The molecule has 1 heterocycles. The minimum atomic E-state index is -0.699. The number of benzene rings is 2. The second kappa shape index (κ2) is 10.1. The zero-order valence-electron chi connectivity index (χ0n) is 17.3. The number of aliphatic carboxylic acids is 1. The lowest BCUT2D eigenvalue weighted by molar-refractivity contribution is -0.142. The third-order valence-corrected chi connectivity index (χ3v) is 6.58. The van der Waals surface area contributed by atoms with Crippen molar-refractivity contribution in [3.63, 3.8) is 0 Å². The van der Waals surface area contributed by atoms with Crippen LogP contribution in [0.2, 0.25) is 5.02 Å². The van der Waals surface area contributed by atoms with Gasteiger partial charge in [-0.15, -0.1) is 0 Å². The van der Waals surface area contributed by atoms with Gasteiger partial charge in [0.2, 0.25) is 0 Å². The lowest BCUT2D eigenvalue weighted by Gasteiger charge is -2.27. The van der Waals surface area contributed by atoms with Gasteiger partial charge in [-0.05, 0) is 56.0 Å². The quantitative estimate of drug-likeness (QED) is 0.401. The molecule has 1 aliphatic rings. The van der Waals surface area contributed by atoms with Gasteiger partial charge in [0, 0.05) is 23.1 Å². The minimum absolute atomic E-state index is 0.170. The average Bonchev–Trinajstić information content (AvgIpc) is 2.78. The molecule has 2 N–H and O–H groups in total. The van der Waals surface area contributed by atoms with Crippen molar-refractivity contribution in [1.29, 1.82) is 0 Å². The Hall–Kier alpha value is -2.35. The van der Waals surface area contributed by atoms with E-state index in [2.05, 4.69) is 21.2 Å². The van der Waals surface area contributed by atoms with Crippen LogP contribution in [-0.4, -0.2) is 30.3 Å². The number of halogens is 2. The standard InChI is InChI=1S/C24H23BrClNO5/c25-15-6-9-18(22-13-20(28)17-2-1-3-19(26)23(17)32-22)21(12-15)31-11-10-27-16-7-4-14(5-8-16)24(29)30/h1-3,6,9,12-14,16,27H,4-5,7-8,10-11H2,(H,29,30)/t14-,16-. The highest BCUT2D eigenvalue weighted by Crippen LogP contribution is 2.34. The first kappa shape index (κ1) is 22.8. The Labute approximate surface area is 198 Å². The number of carboxylic acids is 1. The number of rotatable bonds is 7.